The summed E-state index contributed by atoms with van der Waals surface area (Å²) in [6, 6.07) is 15.4. The second kappa shape index (κ2) is 4.41. The first-order valence-electron chi connectivity index (χ1n) is 5.70. The maximum Gasteiger partial charge on any atom is 0.166 e. The summed E-state index contributed by atoms with van der Waals surface area (Å²) in [5.41, 5.74) is 2.42. The van der Waals surface area contributed by atoms with Gasteiger partial charge in [-0.2, -0.15) is 0 Å². The van der Waals surface area contributed by atoms with E-state index in [1.54, 1.807) is 16.5 Å². The summed E-state index contributed by atoms with van der Waals surface area (Å²) in [6.07, 6.45) is 1.48. The number of pyridine rings is 1. The van der Waals surface area contributed by atoms with Crippen molar-refractivity contribution in [3.05, 3.63) is 65.6 Å². The zero-order valence-electron chi connectivity index (χ0n) is 9.65. The second-order valence-corrected chi connectivity index (χ2v) is 4.04. The van der Waals surface area contributed by atoms with Gasteiger partial charge in [-0.15, -0.1) is 10.2 Å². The fourth-order valence-electron chi connectivity index (χ4n) is 2.01. The summed E-state index contributed by atoms with van der Waals surface area (Å²) in [4.78, 5) is 11.0. The number of benzene rings is 1. The third-order valence-corrected chi connectivity index (χ3v) is 2.85. The molecule has 0 amide bonds. The largest absolute Gasteiger partial charge is 0.296 e. The van der Waals surface area contributed by atoms with Crippen LogP contribution in [0.4, 0.5) is 0 Å². The molecule has 18 heavy (non-hydrogen) atoms. The molecule has 4 heteroatoms. The number of nitrogens with zero attached hydrogens (tertiary/aromatic N) is 3. The van der Waals surface area contributed by atoms with E-state index in [0.29, 0.717) is 17.8 Å². The number of fused-ring (bicyclic) bond motifs is 1. The topological polar surface area (TPSA) is 47.3 Å². The minimum absolute atomic E-state index is 0.573. The lowest BCUT2D eigenvalue weighted by Gasteiger charge is -2.02. The monoisotopic (exact) mass is 237 g/mol. The molecule has 0 spiro atoms. The van der Waals surface area contributed by atoms with E-state index in [2.05, 4.69) is 10.2 Å². The van der Waals surface area contributed by atoms with E-state index >= 15 is 0 Å². The predicted octanol–water partition coefficient (Wildman–Crippen LogP) is 2.13. The van der Waals surface area contributed by atoms with E-state index in [1.807, 2.05) is 36.4 Å². The van der Waals surface area contributed by atoms with Gasteiger partial charge in [-0.05, 0) is 17.7 Å². The van der Waals surface area contributed by atoms with Gasteiger partial charge >= 0.3 is 0 Å². The van der Waals surface area contributed by atoms with Crippen LogP contribution in [0.1, 0.15) is 21.9 Å². The van der Waals surface area contributed by atoms with E-state index in [-0.39, 0.29) is 0 Å². The first-order chi connectivity index (χ1) is 8.88. The summed E-state index contributed by atoms with van der Waals surface area (Å²) in [5.74, 6) is 0.777. The summed E-state index contributed by atoms with van der Waals surface area (Å²) < 4.78 is 1.79. The van der Waals surface area contributed by atoms with Gasteiger partial charge in [0.15, 0.2) is 11.9 Å². The molecule has 0 aliphatic rings. The number of aromatic nitrogens is 3. The number of carbonyl (C=O) groups is 1. The first-order valence-corrected chi connectivity index (χ1v) is 5.70. The molecule has 0 saturated carbocycles. The number of aldehydes is 1. The van der Waals surface area contributed by atoms with Crippen molar-refractivity contribution in [1.82, 2.24) is 14.6 Å². The maximum atomic E-state index is 11.0. The zero-order chi connectivity index (χ0) is 12.4. The molecule has 0 fully saturated rings. The molecule has 2 aromatic heterocycles. The number of hydrogen-bond acceptors (Lipinski definition) is 3. The average molecular weight is 237 g/mol. The number of hydrogen-bond donors (Lipinski definition) is 0. The molecule has 0 saturated heterocycles. The Labute approximate surface area is 104 Å². The third-order valence-electron chi connectivity index (χ3n) is 2.85. The maximum absolute atomic E-state index is 11.0. The van der Waals surface area contributed by atoms with Gasteiger partial charge in [-0.3, -0.25) is 9.20 Å². The fraction of sp³-hybridized carbons (Fsp3) is 0.0714. The number of rotatable bonds is 3. The Hall–Kier alpha value is -2.49. The summed E-state index contributed by atoms with van der Waals surface area (Å²) in [5, 5.41) is 8.23. The van der Waals surface area contributed by atoms with Crippen molar-refractivity contribution in [2.75, 3.05) is 0 Å². The molecule has 0 unspecified atom stereocenters. The molecule has 0 radical (unpaired) electrons. The van der Waals surface area contributed by atoms with Gasteiger partial charge in [0.1, 0.15) is 5.82 Å². The third kappa shape index (κ3) is 1.78. The molecule has 3 rings (SSSR count). The van der Waals surface area contributed by atoms with Crippen molar-refractivity contribution in [1.29, 1.82) is 0 Å². The van der Waals surface area contributed by atoms with E-state index in [9.17, 15) is 4.79 Å². The molecule has 2 heterocycles. The standard InChI is InChI=1S/C14H11N3O/c18-10-12-7-4-8-13-15-16-14(17(12)13)9-11-5-2-1-3-6-11/h1-8,10H,9H2. The fourth-order valence-corrected chi connectivity index (χ4v) is 2.01. The smallest absolute Gasteiger partial charge is 0.166 e. The van der Waals surface area contributed by atoms with Gasteiger partial charge in [-0.25, -0.2) is 0 Å². The van der Waals surface area contributed by atoms with Crippen LogP contribution in [0.15, 0.2) is 48.5 Å². The Morgan fingerprint density at radius 2 is 1.83 bits per heavy atom. The van der Waals surface area contributed by atoms with Crippen LogP contribution in [0.25, 0.3) is 5.65 Å². The van der Waals surface area contributed by atoms with Gasteiger partial charge < -0.3 is 0 Å². The number of carbonyl (C=O) groups excluding carboxylic acids is 1. The lowest BCUT2D eigenvalue weighted by molar-refractivity contribution is 0.111. The van der Waals surface area contributed by atoms with Crippen LogP contribution in [0.5, 0.6) is 0 Å². The molecule has 88 valence electrons. The van der Waals surface area contributed by atoms with E-state index in [4.69, 9.17) is 0 Å². The second-order valence-electron chi connectivity index (χ2n) is 4.04. The Morgan fingerprint density at radius 1 is 1.00 bits per heavy atom. The van der Waals surface area contributed by atoms with Crippen molar-refractivity contribution in [3.63, 3.8) is 0 Å². The quantitative estimate of drug-likeness (QED) is 0.656. The summed E-state index contributed by atoms with van der Waals surface area (Å²) in [6.45, 7) is 0. The van der Waals surface area contributed by atoms with Gasteiger partial charge in [0.25, 0.3) is 0 Å². The van der Waals surface area contributed by atoms with Crippen LogP contribution in [-0.2, 0) is 6.42 Å². The molecule has 0 aliphatic heterocycles. The molecule has 4 nitrogen and oxygen atoms in total. The summed E-state index contributed by atoms with van der Waals surface area (Å²) >= 11 is 0. The van der Waals surface area contributed by atoms with Crippen LogP contribution in [0.2, 0.25) is 0 Å². The van der Waals surface area contributed by atoms with Crippen molar-refractivity contribution in [3.8, 4) is 0 Å². The van der Waals surface area contributed by atoms with Crippen molar-refractivity contribution in [2.24, 2.45) is 0 Å². The molecule has 0 bridgehead atoms. The highest BCUT2D eigenvalue weighted by Gasteiger charge is 2.09. The molecule has 0 atom stereocenters. The Balaban J connectivity index is 2.10. The van der Waals surface area contributed by atoms with Crippen molar-refractivity contribution < 1.29 is 4.79 Å². The van der Waals surface area contributed by atoms with Gasteiger partial charge in [-0.1, -0.05) is 36.4 Å². The van der Waals surface area contributed by atoms with Gasteiger partial charge in [0, 0.05) is 6.42 Å². The van der Waals surface area contributed by atoms with Crippen molar-refractivity contribution >= 4 is 11.9 Å². The average Bonchev–Trinajstić information content (AvgIpc) is 2.83. The van der Waals surface area contributed by atoms with Gasteiger partial charge in [0.05, 0.1) is 5.69 Å². The first kappa shape index (κ1) is 10.7. The Morgan fingerprint density at radius 3 is 2.61 bits per heavy atom. The summed E-state index contributed by atoms with van der Waals surface area (Å²) in [7, 11) is 0. The van der Waals surface area contributed by atoms with Crippen molar-refractivity contribution in [2.45, 2.75) is 6.42 Å². The van der Waals surface area contributed by atoms with E-state index < -0.39 is 0 Å². The van der Waals surface area contributed by atoms with Crippen LogP contribution in [-0.4, -0.2) is 20.9 Å². The highest BCUT2D eigenvalue weighted by molar-refractivity contribution is 5.74. The van der Waals surface area contributed by atoms with Crippen LogP contribution >= 0.6 is 0 Å². The zero-order valence-corrected chi connectivity index (χ0v) is 9.65. The molecule has 3 aromatic rings. The van der Waals surface area contributed by atoms with Crippen LogP contribution < -0.4 is 0 Å². The molecular weight excluding hydrogens is 226 g/mol. The SMILES string of the molecule is O=Cc1cccc2nnc(Cc3ccccc3)n12. The van der Waals surface area contributed by atoms with Gasteiger partial charge in [0.2, 0.25) is 0 Å². The predicted molar refractivity (Wildman–Crippen MR) is 67.6 cm³/mol. The van der Waals surface area contributed by atoms with E-state index in [0.717, 1.165) is 17.7 Å². The minimum Gasteiger partial charge on any atom is -0.296 e. The lowest BCUT2D eigenvalue weighted by Crippen LogP contribution is -2.01. The molecule has 0 aliphatic carbocycles. The van der Waals surface area contributed by atoms with Crippen LogP contribution in [0, 0.1) is 0 Å². The Kier molecular flexibility index (Phi) is 2.61. The van der Waals surface area contributed by atoms with E-state index in [1.165, 1.54) is 0 Å². The molecular formula is C14H11N3O. The molecule has 1 aromatic carbocycles. The van der Waals surface area contributed by atoms with Crippen LogP contribution in [0.3, 0.4) is 0 Å². The normalized spacial score (nSPS) is 10.7. The highest BCUT2D eigenvalue weighted by Crippen LogP contribution is 2.11. The lowest BCUT2D eigenvalue weighted by atomic mass is 10.1. The molecule has 0 N–H and O–H groups in total. The minimum atomic E-state index is 0.573. The highest BCUT2D eigenvalue weighted by atomic mass is 16.1. The Bertz CT molecular complexity index is 689.